The van der Waals surface area contributed by atoms with Gasteiger partial charge in [0.05, 0.1) is 6.54 Å². The van der Waals surface area contributed by atoms with Crippen LogP contribution in [-0.4, -0.2) is 40.7 Å². The Kier molecular flexibility index (Phi) is 4.92. The summed E-state index contributed by atoms with van der Waals surface area (Å²) < 4.78 is 0. The monoisotopic (exact) mass is 358 g/mol. The average Bonchev–Trinajstić information content (AvgIpc) is 2.85. The highest BCUT2D eigenvalue weighted by molar-refractivity contribution is 6.08. The number of imide groups is 1. The van der Waals surface area contributed by atoms with E-state index in [-0.39, 0.29) is 18.2 Å². The summed E-state index contributed by atoms with van der Waals surface area (Å²) in [4.78, 5) is 48.0. The number of hydrogen-bond donors (Lipinski definition) is 3. The molecule has 138 valence electrons. The number of Topliss-reactive ketones (excluding diaryl/α,β-unsaturated/α-hetero) is 1. The molecule has 0 unspecified atom stereocenters. The maximum Gasteiger partial charge on any atom is 0.344 e. The van der Waals surface area contributed by atoms with Gasteiger partial charge in [0, 0.05) is 11.3 Å². The van der Waals surface area contributed by atoms with Crippen LogP contribution in [0.2, 0.25) is 0 Å². The van der Waals surface area contributed by atoms with Crippen LogP contribution >= 0.6 is 0 Å². The van der Waals surface area contributed by atoms with E-state index in [0.717, 1.165) is 24.3 Å². The molecule has 1 aliphatic heterocycles. The predicted molar refractivity (Wildman–Crippen MR) is 94.3 cm³/mol. The number of amides is 4. The molecule has 3 N–H and O–H groups in total. The second kappa shape index (κ2) is 7.15. The highest BCUT2D eigenvalue weighted by Crippen LogP contribution is 2.32. The molecule has 0 bridgehead atoms. The predicted octanol–water partition coefficient (Wildman–Crippen LogP) is 1.59. The molecule has 3 rings (SSSR count). The van der Waals surface area contributed by atoms with Crippen LogP contribution in [0.3, 0.4) is 0 Å². The summed E-state index contributed by atoms with van der Waals surface area (Å²) in [5.41, 5.74) is 2.74. The van der Waals surface area contributed by atoms with Crippen LogP contribution in [0.1, 0.15) is 49.4 Å². The number of carbonyl (C=O) groups excluding carboxylic acids is 4. The molecule has 1 saturated heterocycles. The minimum Gasteiger partial charge on any atom is -0.376 e. The van der Waals surface area contributed by atoms with E-state index in [0.29, 0.717) is 24.1 Å². The van der Waals surface area contributed by atoms with E-state index in [4.69, 9.17) is 0 Å². The van der Waals surface area contributed by atoms with Crippen molar-refractivity contribution in [2.45, 2.75) is 44.6 Å². The number of nitrogens with zero attached hydrogens (tertiary/aromatic N) is 1. The molecule has 4 amide bonds. The lowest BCUT2D eigenvalue weighted by atomic mass is 9.82. The Hall–Kier alpha value is -2.90. The number of nitrogens with one attached hydrogen (secondary N) is 3. The fourth-order valence-electron chi connectivity index (χ4n) is 3.39. The molecule has 8 heteroatoms. The van der Waals surface area contributed by atoms with E-state index in [1.165, 1.54) is 6.92 Å². The van der Waals surface area contributed by atoms with Crippen molar-refractivity contribution >= 4 is 29.3 Å². The number of carbonyl (C=O) groups is 4. The maximum absolute atomic E-state index is 12.6. The molecule has 1 saturated carbocycles. The molecule has 0 aromatic heterocycles. The zero-order valence-electron chi connectivity index (χ0n) is 14.6. The molecule has 26 heavy (non-hydrogen) atoms. The zero-order valence-corrected chi connectivity index (χ0v) is 14.6. The summed E-state index contributed by atoms with van der Waals surface area (Å²) in [5, 5.41) is 6.41. The Morgan fingerprint density at radius 1 is 1.12 bits per heavy atom. The maximum atomic E-state index is 12.6. The second-order valence-corrected chi connectivity index (χ2v) is 6.74. The Labute approximate surface area is 151 Å². The third-order valence-corrected chi connectivity index (χ3v) is 4.85. The molecule has 0 radical (unpaired) electrons. The molecular weight excluding hydrogens is 336 g/mol. The van der Waals surface area contributed by atoms with Gasteiger partial charge < -0.3 is 10.6 Å². The van der Waals surface area contributed by atoms with Crippen LogP contribution in [0.25, 0.3) is 0 Å². The molecule has 1 heterocycles. The number of rotatable bonds is 5. The number of hydrazine groups is 1. The lowest BCUT2D eigenvalue weighted by molar-refractivity contribution is -0.139. The molecule has 2 fully saturated rings. The quantitative estimate of drug-likeness (QED) is 0.547. The minimum absolute atomic E-state index is 0.0375. The summed E-state index contributed by atoms with van der Waals surface area (Å²) in [7, 11) is 0. The van der Waals surface area contributed by atoms with Crippen molar-refractivity contribution in [2.24, 2.45) is 0 Å². The van der Waals surface area contributed by atoms with Gasteiger partial charge in [-0.3, -0.25) is 19.8 Å². The standard InChI is InChI=1S/C18H22N4O4/c1-12(23)13-5-7-14(8-6-13)19-11-15(24)21-22-16(25)18(20-17(22)26)9-3-2-4-10-18/h5-8,19H,2-4,9-11H2,1H3,(H,20,26)(H,21,24). The smallest absolute Gasteiger partial charge is 0.344 e. The van der Waals surface area contributed by atoms with Crippen molar-refractivity contribution in [1.29, 1.82) is 0 Å². The number of urea groups is 1. The van der Waals surface area contributed by atoms with Crippen molar-refractivity contribution in [3.05, 3.63) is 29.8 Å². The van der Waals surface area contributed by atoms with E-state index in [1.807, 2.05) is 0 Å². The van der Waals surface area contributed by atoms with Crippen molar-refractivity contribution < 1.29 is 19.2 Å². The third kappa shape index (κ3) is 3.54. The second-order valence-electron chi connectivity index (χ2n) is 6.74. The van der Waals surface area contributed by atoms with Crippen LogP contribution in [0.4, 0.5) is 10.5 Å². The molecule has 1 aliphatic carbocycles. The SMILES string of the molecule is CC(=O)c1ccc(NCC(=O)NN2C(=O)NC3(CCCCC3)C2=O)cc1. The first-order valence-electron chi connectivity index (χ1n) is 8.72. The zero-order chi connectivity index (χ0) is 18.7. The number of hydrogen-bond acceptors (Lipinski definition) is 5. The van der Waals surface area contributed by atoms with Gasteiger partial charge in [-0.15, -0.1) is 0 Å². The fourth-order valence-corrected chi connectivity index (χ4v) is 3.39. The Morgan fingerprint density at radius 3 is 2.38 bits per heavy atom. The summed E-state index contributed by atoms with van der Waals surface area (Å²) in [5.74, 6) is -0.928. The topological polar surface area (TPSA) is 108 Å². The van der Waals surface area contributed by atoms with Crippen molar-refractivity contribution in [3.8, 4) is 0 Å². The van der Waals surface area contributed by atoms with Crippen LogP contribution in [0, 0.1) is 0 Å². The highest BCUT2D eigenvalue weighted by Gasteiger charge is 2.52. The first-order valence-corrected chi connectivity index (χ1v) is 8.72. The minimum atomic E-state index is -0.863. The van der Waals surface area contributed by atoms with Crippen LogP contribution in [0.5, 0.6) is 0 Å². The molecule has 0 atom stereocenters. The van der Waals surface area contributed by atoms with Gasteiger partial charge in [-0.05, 0) is 44.0 Å². The van der Waals surface area contributed by atoms with Gasteiger partial charge in [-0.25, -0.2) is 4.79 Å². The van der Waals surface area contributed by atoms with E-state index in [2.05, 4.69) is 16.1 Å². The lowest BCUT2D eigenvalue weighted by Crippen LogP contribution is -2.51. The van der Waals surface area contributed by atoms with Crippen LogP contribution in [-0.2, 0) is 9.59 Å². The normalized spacial score (nSPS) is 18.6. The number of benzene rings is 1. The Bertz CT molecular complexity index is 738. The third-order valence-electron chi connectivity index (χ3n) is 4.85. The summed E-state index contributed by atoms with van der Waals surface area (Å²) in [6, 6.07) is 6.11. The highest BCUT2D eigenvalue weighted by atomic mass is 16.2. The van der Waals surface area contributed by atoms with Crippen molar-refractivity contribution in [3.63, 3.8) is 0 Å². The van der Waals surface area contributed by atoms with E-state index < -0.39 is 17.5 Å². The summed E-state index contributed by atoms with van der Waals surface area (Å²) >= 11 is 0. The Balaban J connectivity index is 1.55. The summed E-state index contributed by atoms with van der Waals surface area (Å²) in [6.45, 7) is 1.37. The van der Waals surface area contributed by atoms with E-state index in [1.54, 1.807) is 24.3 Å². The number of ketones is 1. The van der Waals surface area contributed by atoms with E-state index in [9.17, 15) is 19.2 Å². The van der Waals surface area contributed by atoms with Crippen LogP contribution in [0.15, 0.2) is 24.3 Å². The fraction of sp³-hybridized carbons (Fsp3) is 0.444. The number of anilines is 1. The van der Waals surface area contributed by atoms with Crippen molar-refractivity contribution in [2.75, 3.05) is 11.9 Å². The van der Waals surface area contributed by atoms with E-state index >= 15 is 0 Å². The average molecular weight is 358 g/mol. The van der Waals surface area contributed by atoms with Gasteiger partial charge in [0.15, 0.2) is 5.78 Å². The van der Waals surface area contributed by atoms with Gasteiger partial charge >= 0.3 is 6.03 Å². The molecule has 1 aromatic rings. The largest absolute Gasteiger partial charge is 0.376 e. The van der Waals surface area contributed by atoms with Crippen molar-refractivity contribution in [1.82, 2.24) is 15.8 Å². The summed E-state index contributed by atoms with van der Waals surface area (Å²) in [6.07, 6.45) is 4.01. The molecule has 1 aromatic carbocycles. The molecule has 1 spiro atoms. The van der Waals surface area contributed by atoms with Gasteiger partial charge in [-0.2, -0.15) is 5.01 Å². The lowest BCUT2D eigenvalue weighted by Gasteiger charge is -2.30. The van der Waals surface area contributed by atoms with Gasteiger partial charge in [0.1, 0.15) is 5.54 Å². The molecule has 2 aliphatic rings. The molecule has 8 nitrogen and oxygen atoms in total. The van der Waals surface area contributed by atoms with Gasteiger partial charge in [-0.1, -0.05) is 19.3 Å². The first kappa shape index (κ1) is 17.9. The Morgan fingerprint density at radius 2 is 1.77 bits per heavy atom. The molecular formula is C18H22N4O4. The van der Waals surface area contributed by atoms with Crippen LogP contribution < -0.4 is 16.1 Å². The first-order chi connectivity index (χ1) is 12.4. The van der Waals surface area contributed by atoms with Gasteiger partial charge in [0.2, 0.25) is 0 Å². The van der Waals surface area contributed by atoms with Gasteiger partial charge in [0.25, 0.3) is 11.8 Å².